The van der Waals surface area contributed by atoms with Gasteiger partial charge in [0.25, 0.3) is 0 Å². The van der Waals surface area contributed by atoms with Crippen LogP contribution in [0.25, 0.3) is 11.1 Å². The third-order valence-electron chi connectivity index (χ3n) is 20.9. The molecule has 2 rings (SSSR count). The summed E-state index contributed by atoms with van der Waals surface area (Å²) in [6.07, 6.45) is 23.4. The SMILES string of the molecule is CCC/C=C(C)/C=C(\C)CC.CCCCC(C)(C=O)CC(C)(CC)C(=O)[O-].CCCCC(C)(CC(C)(CC)C(=O)[O-])C(=O)NP(=O)(O)O.CCCCC(C)(CC(C)(CC)C(=O)[O-])C(=O)NP(=O)(O)O.CCCCC1(C)CC(C)(CC)C(=O)OC1=O.CCc1c(CC)c(C)c(=C(C)C)c(=C(C)C)c1C.NP(=O)(O)O.N[P+](=O)O.N[P+](=O)O.N[P+](=O)O.N[P+](=O)[O-].O.O=C=O.[C-]#[O+]. The van der Waals surface area contributed by atoms with E-state index in [2.05, 4.69) is 143 Å². The molecule has 0 saturated carbocycles. The molecule has 0 aliphatic carbocycles. The molecule has 760 valence electrons. The molecule has 0 bridgehead atoms. The summed E-state index contributed by atoms with van der Waals surface area (Å²) in [5.41, 5.74) is 25.3. The van der Waals surface area contributed by atoms with Crippen LogP contribution in [0.1, 0.15) is 350 Å². The van der Waals surface area contributed by atoms with E-state index in [4.69, 9.17) is 90.7 Å². The molecule has 40 nitrogen and oxygen atoms in total. The summed E-state index contributed by atoms with van der Waals surface area (Å²) >= 11 is 0. The number of nitrogens with one attached hydrogen (secondary N) is 2. The van der Waals surface area contributed by atoms with Gasteiger partial charge in [0.1, 0.15) is 6.29 Å². The van der Waals surface area contributed by atoms with Crippen LogP contribution in [0.4, 0.5) is 0 Å². The first kappa shape index (κ1) is 150. The Morgan fingerprint density at radius 1 is 0.546 bits per heavy atom. The van der Waals surface area contributed by atoms with Gasteiger partial charge >= 0.3 is 85.3 Å². The number of carboxylic acids is 3. The minimum atomic E-state index is -4.71. The number of ether oxygens (including phenoxy) is 1. The number of rotatable bonds is 36. The summed E-state index contributed by atoms with van der Waals surface area (Å²) in [6, 6.07) is 0. The predicted octanol–water partition coefficient (Wildman–Crippen LogP) is 10.1. The molecule has 0 radical (unpaired) electrons. The summed E-state index contributed by atoms with van der Waals surface area (Å²) in [5.74, 6) is -5.94. The first-order chi connectivity index (χ1) is 58.4. The van der Waals surface area contributed by atoms with Crippen LogP contribution in [0, 0.1) is 63.8 Å². The second-order valence-electron chi connectivity index (χ2n) is 33.4. The molecule has 1 aliphatic heterocycles. The monoisotopic (exact) mass is 2000 g/mol. The van der Waals surface area contributed by atoms with Gasteiger partial charge in [0.05, 0.1) is 10.8 Å². The van der Waals surface area contributed by atoms with Crippen LogP contribution in [-0.2, 0) is 102 Å². The number of cyclic esters (lactones) is 2. The van der Waals surface area contributed by atoms with Gasteiger partial charge in [-0.3, -0.25) is 29.4 Å². The standard InChI is InChI=1S/C18H28.2C13H26NO6P.C13H22O3.C13H24O3.C11H20.CO2.CO.H4NO3P.4H2NO2P.H2O/c1-9-15-13(7)17(11(3)4)18(12(5)6)14(8)16(15)10-2;2*1-5-7-8-13(4,10(15)14-21(18,19)20)9-12(3,6-2)11(16)17;1-5-7-8-13(4)9-12(3,6-2)10(14)16-11(13)15;1-5-7-8-12(3,10-14)9-13(4,6-2)11(15)16;1-5-7-8-11(4)9-10(3)6-2;2-1-3;1-2;1-5(2,3)4;4*1-4(2)3;/h9-10H2,1-8H3;2*5-9H2,1-4H3,(H,16,17)(H3,14,15,18,19,20);5-9H2,1-4H3;10H,5-9H2,1-4H3,(H,15,16);8-9H,5-7H2,1-4H3;;;(H4,1,2,3,4);3*(H2-,1,2,3);(H2,1,2,3);1H2/b;;;;;10-9+,11-8+;;;;;;;;. The van der Waals surface area contributed by atoms with E-state index in [9.17, 15) is 62.8 Å². The van der Waals surface area contributed by atoms with Gasteiger partial charge in [-0.25, -0.2) is 19.2 Å². The van der Waals surface area contributed by atoms with Crippen molar-refractivity contribution >= 4 is 121 Å². The van der Waals surface area contributed by atoms with Gasteiger partial charge in [-0.2, -0.15) is 9.59 Å². The predicted molar refractivity (Wildman–Crippen MR) is 494 cm³/mol. The second kappa shape index (κ2) is 76.4. The summed E-state index contributed by atoms with van der Waals surface area (Å²) < 4.78 is 79.1. The molecule has 23 N–H and O–H groups in total. The third kappa shape index (κ3) is 74.5. The maximum atomic E-state index is 12.2. The van der Waals surface area contributed by atoms with Crippen LogP contribution in [-0.4, -0.2) is 104 Å². The van der Waals surface area contributed by atoms with E-state index < -0.39 is 129 Å². The second-order valence-corrected chi connectivity index (χ2v) is 39.5. The van der Waals surface area contributed by atoms with Crippen LogP contribution in [0.5, 0.6) is 0 Å². The van der Waals surface area contributed by atoms with Gasteiger partial charge in [0.2, 0.25) is 11.8 Å². The fourth-order valence-corrected chi connectivity index (χ4v) is 14.3. The van der Waals surface area contributed by atoms with E-state index in [1.54, 1.807) is 42.1 Å². The molecule has 12 unspecified atom stereocenters. The molecule has 1 aliphatic rings. The van der Waals surface area contributed by atoms with Crippen molar-refractivity contribution in [3.8, 4) is 0 Å². The van der Waals surface area contributed by atoms with Gasteiger partial charge in [0.15, 0.2) is 0 Å². The molecule has 12 atom stereocenters. The maximum absolute atomic E-state index is 12.2. The average molecular weight is 2000 g/mol. The number of benzene rings is 1. The van der Waals surface area contributed by atoms with Crippen LogP contribution in [0.2, 0.25) is 0 Å². The van der Waals surface area contributed by atoms with Crippen molar-refractivity contribution in [3.05, 3.63) is 62.6 Å². The van der Waals surface area contributed by atoms with Crippen molar-refractivity contribution in [2.24, 2.45) is 70.8 Å². The van der Waals surface area contributed by atoms with Crippen molar-refractivity contribution in [3.63, 3.8) is 0 Å². The summed E-state index contributed by atoms with van der Waals surface area (Å²) in [4.78, 5) is 190. The Morgan fingerprint density at radius 3 is 1.03 bits per heavy atom. The molecule has 1 saturated heterocycles. The zero-order valence-electron chi connectivity index (χ0n) is 81.8. The van der Waals surface area contributed by atoms with E-state index in [0.29, 0.717) is 44.9 Å². The zero-order valence-corrected chi connectivity index (χ0v) is 88.1. The van der Waals surface area contributed by atoms with E-state index in [1.165, 1.54) is 84.4 Å². The molecule has 1 fully saturated rings. The summed E-state index contributed by atoms with van der Waals surface area (Å²) in [6.45, 7) is 59.8. The third-order valence-corrected chi connectivity index (χ3v) is 21.9. The summed E-state index contributed by atoms with van der Waals surface area (Å²) in [5, 5.41) is 40.0. The Labute approximate surface area is 774 Å². The Balaban J connectivity index is -0.000000122. The number of aliphatic carboxylic acids is 3. The van der Waals surface area contributed by atoms with Gasteiger partial charge in [-0.05, 0) is 218 Å². The van der Waals surface area contributed by atoms with Crippen LogP contribution in [0.15, 0.2) is 23.3 Å². The molecule has 1 aromatic carbocycles. The Morgan fingerprint density at radius 2 is 0.815 bits per heavy atom. The fourth-order valence-electron chi connectivity index (χ4n) is 13.3. The molecule has 1 aromatic rings. The first-order valence-electron chi connectivity index (χ1n) is 41.8. The molecule has 2 amide bonds. The number of nitrogens with two attached hydrogens (primary N) is 5. The van der Waals surface area contributed by atoms with E-state index in [-0.39, 0.29) is 49.2 Å². The quantitative estimate of drug-likeness (QED) is 0.00564. The van der Waals surface area contributed by atoms with Crippen LogP contribution in [0.3, 0.4) is 0 Å². The fraction of sp³-hybridized carbons (Fsp3) is 0.735. The molecular weight excluding hydrogens is 1840 g/mol. The van der Waals surface area contributed by atoms with E-state index in [1.807, 2.05) is 48.5 Å². The Kier molecular flexibility index (Phi) is 87.9. The number of aldehydes is 1. The number of hydrogen-bond donors (Lipinski definition) is 16. The molecule has 47 heteroatoms. The van der Waals surface area contributed by atoms with E-state index in [0.717, 1.165) is 83.3 Å². The molecule has 1 heterocycles. The minimum absolute atomic E-state index is 0. The number of amides is 2. The van der Waals surface area contributed by atoms with Crippen molar-refractivity contribution in [1.82, 2.24) is 10.2 Å². The molecule has 130 heavy (non-hydrogen) atoms. The van der Waals surface area contributed by atoms with Gasteiger partial charge in [-0.1, -0.05) is 238 Å². The van der Waals surface area contributed by atoms with Gasteiger partial charge in [0, 0.05) is 50.4 Å². The van der Waals surface area contributed by atoms with E-state index >= 15 is 0 Å². The number of carboxylic acid groups (broad SMARTS) is 3. The Hall–Kier alpha value is -5.83. The van der Waals surface area contributed by atoms with Crippen molar-refractivity contribution in [1.29, 1.82) is 0 Å². The Bertz CT molecular complexity index is 3820. The van der Waals surface area contributed by atoms with Gasteiger partial charge in [-0.15, -0.1) is 20.2 Å². The van der Waals surface area contributed by atoms with Crippen molar-refractivity contribution in [2.75, 3.05) is 0 Å². The average Bonchev–Trinajstić information content (AvgIpc) is 0.771. The number of allylic oxidation sites excluding steroid dienone is 4. The number of unbranched alkanes of at least 4 members (excludes halogenated alkanes) is 5. The first-order valence-corrected chi connectivity index (χ1v) is 51.8. The molecule has 0 spiro atoms. The molecular formula is C83H160N7O33P7. The molecule has 0 aromatic heterocycles. The number of esters is 2. The topological polar surface area (TPSA) is 779 Å². The zero-order chi connectivity index (χ0) is 105. The number of carbonyl (C=O) groups is 8. The number of hydrogen-bond acceptors (Lipinski definition) is 22. The van der Waals surface area contributed by atoms with Crippen LogP contribution < -0.4 is 68.3 Å². The summed E-state index contributed by atoms with van der Waals surface area (Å²) in [7, 11) is -23.3. The van der Waals surface area contributed by atoms with Crippen LogP contribution >= 0.6 is 56.0 Å². The van der Waals surface area contributed by atoms with Gasteiger partial charge < -0.3 is 79.0 Å². The normalized spacial score (nSPS) is 16.8. The van der Waals surface area contributed by atoms with Crippen molar-refractivity contribution in [2.45, 2.75) is 354 Å². The van der Waals surface area contributed by atoms with Crippen molar-refractivity contribution < 1.29 is 159 Å². The number of carbonyl (C=O) groups excluding carboxylic acids is 10.